The fourth-order valence-corrected chi connectivity index (χ4v) is 2.60. The number of aliphatic carboxylic acids is 1. The van der Waals surface area contributed by atoms with Crippen LogP contribution in [0.4, 0.5) is 5.95 Å². The van der Waals surface area contributed by atoms with Crippen LogP contribution < -0.4 is 4.90 Å². The van der Waals surface area contributed by atoms with Crippen molar-refractivity contribution in [2.75, 3.05) is 18.0 Å². The molecule has 1 N–H and O–H groups in total. The van der Waals surface area contributed by atoms with E-state index in [1.807, 2.05) is 19.9 Å². The van der Waals surface area contributed by atoms with E-state index in [1.165, 1.54) is 0 Å². The molecule has 0 spiro atoms. The summed E-state index contributed by atoms with van der Waals surface area (Å²) >= 11 is 0. The zero-order valence-corrected chi connectivity index (χ0v) is 11.6. The Morgan fingerprint density at radius 1 is 1.32 bits per heavy atom. The quantitative estimate of drug-likeness (QED) is 0.901. The number of aromatic nitrogens is 2. The summed E-state index contributed by atoms with van der Waals surface area (Å²) in [6, 6.07) is 1.98. The topological polar surface area (TPSA) is 66.3 Å². The Morgan fingerprint density at radius 3 is 2.42 bits per heavy atom. The number of carboxylic acids is 1. The number of carboxylic acid groups (broad SMARTS) is 1. The normalized spacial score (nSPS) is 16.6. The van der Waals surface area contributed by atoms with E-state index in [0.717, 1.165) is 49.7 Å². The lowest BCUT2D eigenvalue weighted by atomic mass is 9.92. The van der Waals surface area contributed by atoms with Gasteiger partial charge in [0.2, 0.25) is 5.95 Å². The number of nitrogens with zero attached hydrogens (tertiary/aromatic N) is 3. The molecule has 19 heavy (non-hydrogen) atoms. The predicted molar refractivity (Wildman–Crippen MR) is 73.3 cm³/mol. The maximum Gasteiger partial charge on any atom is 0.303 e. The van der Waals surface area contributed by atoms with Crippen molar-refractivity contribution in [3.63, 3.8) is 0 Å². The van der Waals surface area contributed by atoms with Gasteiger partial charge in [-0.25, -0.2) is 9.97 Å². The van der Waals surface area contributed by atoms with Gasteiger partial charge in [0.25, 0.3) is 0 Å². The number of hydrogen-bond acceptors (Lipinski definition) is 4. The molecule has 0 amide bonds. The van der Waals surface area contributed by atoms with E-state index in [-0.39, 0.29) is 6.42 Å². The van der Waals surface area contributed by atoms with Crippen LogP contribution in [-0.4, -0.2) is 34.1 Å². The molecule has 1 aliphatic heterocycles. The molecule has 0 bridgehead atoms. The molecule has 1 aliphatic rings. The van der Waals surface area contributed by atoms with Gasteiger partial charge in [-0.2, -0.15) is 0 Å². The van der Waals surface area contributed by atoms with Gasteiger partial charge in [0.15, 0.2) is 0 Å². The summed E-state index contributed by atoms with van der Waals surface area (Å²) in [6.45, 7) is 5.82. The second-order valence-corrected chi connectivity index (χ2v) is 5.31. The van der Waals surface area contributed by atoms with Crippen LogP contribution in [0.15, 0.2) is 6.07 Å². The van der Waals surface area contributed by atoms with Gasteiger partial charge in [-0.3, -0.25) is 4.79 Å². The third-order valence-corrected chi connectivity index (χ3v) is 3.63. The van der Waals surface area contributed by atoms with Gasteiger partial charge in [-0.05, 0) is 45.1 Å². The Kier molecular flexibility index (Phi) is 4.35. The third-order valence-electron chi connectivity index (χ3n) is 3.63. The summed E-state index contributed by atoms with van der Waals surface area (Å²) in [4.78, 5) is 21.7. The Labute approximate surface area is 113 Å². The number of anilines is 1. The Bertz CT molecular complexity index is 434. The maximum atomic E-state index is 10.6. The number of piperidine rings is 1. The summed E-state index contributed by atoms with van der Waals surface area (Å²) in [5.41, 5.74) is 1.99. The molecule has 104 valence electrons. The van der Waals surface area contributed by atoms with Gasteiger partial charge in [-0.15, -0.1) is 0 Å². The molecule has 2 rings (SSSR count). The molecule has 0 aromatic carbocycles. The van der Waals surface area contributed by atoms with Gasteiger partial charge in [0.1, 0.15) is 0 Å². The van der Waals surface area contributed by atoms with Crippen molar-refractivity contribution < 1.29 is 9.90 Å². The van der Waals surface area contributed by atoms with Crippen LogP contribution in [0.1, 0.15) is 37.1 Å². The maximum absolute atomic E-state index is 10.6. The molecule has 5 nitrogen and oxygen atoms in total. The van der Waals surface area contributed by atoms with E-state index in [1.54, 1.807) is 0 Å². The molecular weight excluding hydrogens is 242 g/mol. The van der Waals surface area contributed by atoms with E-state index in [4.69, 9.17) is 5.11 Å². The van der Waals surface area contributed by atoms with Crippen LogP contribution in [-0.2, 0) is 4.79 Å². The van der Waals surface area contributed by atoms with Crippen LogP contribution in [0.2, 0.25) is 0 Å². The lowest BCUT2D eigenvalue weighted by Gasteiger charge is -2.32. The first-order valence-corrected chi connectivity index (χ1v) is 6.83. The lowest BCUT2D eigenvalue weighted by molar-refractivity contribution is -0.137. The molecule has 1 aromatic heterocycles. The van der Waals surface area contributed by atoms with Crippen molar-refractivity contribution in [3.05, 3.63) is 17.5 Å². The first-order valence-electron chi connectivity index (χ1n) is 6.83. The third kappa shape index (κ3) is 3.91. The van der Waals surface area contributed by atoms with E-state index in [0.29, 0.717) is 5.92 Å². The van der Waals surface area contributed by atoms with Crippen LogP contribution in [0.25, 0.3) is 0 Å². The average molecular weight is 263 g/mol. The predicted octanol–water partition coefficient (Wildman–Crippen LogP) is 2.17. The number of rotatable bonds is 4. The molecule has 0 unspecified atom stereocenters. The first kappa shape index (κ1) is 13.8. The SMILES string of the molecule is Cc1cc(C)nc(N2CCC(CCC(=O)O)CC2)n1. The highest BCUT2D eigenvalue weighted by molar-refractivity contribution is 5.66. The fraction of sp³-hybridized carbons (Fsp3) is 0.643. The lowest BCUT2D eigenvalue weighted by Crippen LogP contribution is -2.35. The van der Waals surface area contributed by atoms with Crippen LogP contribution >= 0.6 is 0 Å². The van der Waals surface area contributed by atoms with Crippen molar-refractivity contribution in [3.8, 4) is 0 Å². The average Bonchev–Trinajstić information content (AvgIpc) is 2.36. The Morgan fingerprint density at radius 2 is 1.89 bits per heavy atom. The molecular formula is C14H21N3O2. The van der Waals surface area contributed by atoms with Gasteiger partial charge >= 0.3 is 5.97 Å². The standard InChI is InChI=1S/C14H21N3O2/c1-10-9-11(2)16-14(15-10)17-7-5-12(6-8-17)3-4-13(18)19/h9,12H,3-8H2,1-2H3,(H,18,19). The largest absolute Gasteiger partial charge is 0.481 e. The summed E-state index contributed by atoms with van der Waals surface area (Å²) in [6.07, 6.45) is 3.13. The van der Waals surface area contributed by atoms with Crippen molar-refractivity contribution in [1.82, 2.24) is 9.97 Å². The highest BCUT2D eigenvalue weighted by Gasteiger charge is 2.21. The van der Waals surface area contributed by atoms with Crippen molar-refractivity contribution in [1.29, 1.82) is 0 Å². The van der Waals surface area contributed by atoms with Crippen molar-refractivity contribution in [2.24, 2.45) is 5.92 Å². The number of carbonyl (C=O) groups is 1. The van der Waals surface area contributed by atoms with Crippen LogP contribution in [0.5, 0.6) is 0 Å². The summed E-state index contributed by atoms with van der Waals surface area (Å²) in [7, 11) is 0. The minimum Gasteiger partial charge on any atom is -0.481 e. The zero-order valence-electron chi connectivity index (χ0n) is 11.6. The van der Waals surface area contributed by atoms with Gasteiger partial charge in [0, 0.05) is 30.9 Å². The van der Waals surface area contributed by atoms with Gasteiger partial charge < -0.3 is 10.0 Å². The molecule has 1 aromatic rings. The van der Waals surface area contributed by atoms with Crippen molar-refractivity contribution >= 4 is 11.9 Å². The molecule has 5 heteroatoms. The van der Waals surface area contributed by atoms with E-state index >= 15 is 0 Å². The number of hydrogen-bond donors (Lipinski definition) is 1. The molecule has 0 aliphatic carbocycles. The smallest absolute Gasteiger partial charge is 0.303 e. The summed E-state index contributed by atoms with van der Waals surface area (Å²) in [5.74, 6) is 0.646. The molecule has 0 atom stereocenters. The Hall–Kier alpha value is -1.65. The second-order valence-electron chi connectivity index (χ2n) is 5.31. The Balaban J connectivity index is 1.90. The van der Waals surface area contributed by atoms with Crippen LogP contribution in [0.3, 0.4) is 0 Å². The van der Waals surface area contributed by atoms with E-state index in [9.17, 15) is 4.79 Å². The minimum atomic E-state index is -0.694. The minimum absolute atomic E-state index is 0.282. The monoisotopic (exact) mass is 263 g/mol. The summed E-state index contributed by atoms with van der Waals surface area (Å²) in [5, 5.41) is 8.70. The van der Waals surface area contributed by atoms with Gasteiger partial charge in [0.05, 0.1) is 0 Å². The summed E-state index contributed by atoms with van der Waals surface area (Å²) < 4.78 is 0. The number of aryl methyl sites for hydroxylation is 2. The van der Waals surface area contributed by atoms with E-state index in [2.05, 4.69) is 14.9 Å². The van der Waals surface area contributed by atoms with Crippen LogP contribution in [0, 0.1) is 19.8 Å². The molecule has 1 fully saturated rings. The first-order chi connectivity index (χ1) is 9.04. The van der Waals surface area contributed by atoms with E-state index < -0.39 is 5.97 Å². The second kappa shape index (κ2) is 5.99. The molecule has 1 saturated heterocycles. The molecule has 0 radical (unpaired) electrons. The zero-order chi connectivity index (χ0) is 13.8. The molecule has 2 heterocycles. The van der Waals surface area contributed by atoms with Crippen molar-refractivity contribution in [2.45, 2.75) is 39.5 Å². The highest BCUT2D eigenvalue weighted by Crippen LogP contribution is 2.24. The molecule has 0 saturated carbocycles. The van der Waals surface area contributed by atoms with Gasteiger partial charge in [-0.1, -0.05) is 0 Å². The highest BCUT2D eigenvalue weighted by atomic mass is 16.4. The fourth-order valence-electron chi connectivity index (χ4n) is 2.60.